The lowest BCUT2D eigenvalue weighted by atomic mass is 9.89. The van der Waals surface area contributed by atoms with E-state index in [1.165, 1.54) is 5.57 Å². The number of nitrogens with zero attached hydrogens (tertiary/aromatic N) is 1. The van der Waals surface area contributed by atoms with E-state index in [1.54, 1.807) is 0 Å². The first-order valence-electron chi connectivity index (χ1n) is 6.88. The van der Waals surface area contributed by atoms with Crippen LogP contribution >= 0.6 is 0 Å². The quantitative estimate of drug-likeness (QED) is 0.761. The minimum absolute atomic E-state index is 0.244. The van der Waals surface area contributed by atoms with Crippen molar-refractivity contribution in [3.8, 4) is 0 Å². The van der Waals surface area contributed by atoms with Gasteiger partial charge in [0.2, 0.25) is 5.91 Å². The van der Waals surface area contributed by atoms with Gasteiger partial charge in [0.15, 0.2) is 0 Å². The highest BCUT2D eigenvalue weighted by molar-refractivity contribution is 5.87. The fourth-order valence-corrected chi connectivity index (χ4v) is 3.12. The lowest BCUT2D eigenvalue weighted by Crippen LogP contribution is -2.55. The van der Waals surface area contributed by atoms with E-state index in [0.717, 1.165) is 51.7 Å². The molecule has 1 N–H and O–H groups in total. The fourth-order valence-electron chi connectivity index (χ4n) is 3.12. The highest BCUT2D eigenvalue weighted by Gasteiger charge is 2.42. The van der Waals surface area contributed by atoms with Crippen molar-refractivity contribution in [2.75, 3.05) is 19.6 Å². The Kier molecular flexibility index (Phi) is 3.87. The van der Waals surface area contributed by atoms with Crippen LogP contribution in [0.5, 0.6) is 0 Å². The zero-order valence-corrected chi connectivity index (χ0v) is 11.1. The van der Waals surface area contributed by atoms with Gasteiger partial charge in [0.1, 0.15) is 0 Å². The second-order valence-electron chi connectivity index (χ2n) is 5.43. The third kappa shape index (κ3) is 2.54. The van der Waals surface area contributed by atoms with Crippen molar-refractivity contribution in [1.82, 2.24) is 10.2 Å². The molecule has 0 aromatic carbocycles. The standard InChI is InChI=1S/C14H24N2O/c1-3-7-14(8-5-9-15-14)13(17)16-10-4-6-12(2)11-16/h6,15H,3-5,7-11H2,1-2H3. The van der Waals surface area contributed by atoms with E-state index >= 15 is 0 Å². The lowest BCUT2D eigenvalue weighted by Gasteiger charge is -2.36. The van der Waals surface area contributed by atoms with Gasteiger partial charge in [0.25, 0.3) is 0 Å². The monoisotopic (exact) mass is 236 g/mol. The highest BCUT2D eigenvalue weighted by Crippen LogP contribution is 2.28. The first-order valence-corrected chi connectivity index (χ1v) is 6.88. The molecular weight excluding hydrogens is 212 g/mol. The van der Waals surface area contributed by atoms with Crippen molar-refractivity contribution in [1.29, 1.82) is 0 Å². The van der Waals surface area contributed by atoms with Crippen LogP contribution in [0.25, 0.3) is 0 Å². The van der Waals surface area contributed by atoms with Crippen molar-refractivity contribution in [3.05, 3.63) is 11.6 Å². The molecule has 2 aliphatic rings. The van der Waals surface area contributed by atoms with Crippen molar-refractivity contribution in [3.63, 3.8) is 0 Å². The van der Waals surface area contributed by atoms with Gasteiger partial charge < -0.3 is 10.2 Å². The summed E-state index contributed by atoms with van der Waals surface area (Å²) < 4.78 is 0. The van der Waals surface area contributed by atoms with Crippen LogP contribution < -0.4 is 5.32 Å². The largest absolute Gasteiger partial charge is 0.337 e. The summed E-state index contributed by atoms with van der Waals surface area (Å²) in [4.78, 5) is 14.7. The number of rotatable bonds is 3. The van der Waals surface area contributed by atoms with Crippen molar-refractivity contribution >= 4 is 5.91 Å². The van der Waals surface area contributed by atoms with Crippen LogP contribution in [-0.2, 0) is 4.79 Å². The molecule has 0 aromatic rings. The van der Waals surface area contributed by atoms with E-state index in [4.69, 9.17) is 0 Å². The van der Waals surface area contributed by atoms with Crippen LogP contribution in [0, 0.1) is 0 Å². The molecule has 2 aliphatic heterocycles. The third-order valence-corrected chi connectivity index (χ3v) is 3.95. The molecule has 2 rings (SSSR count). The van der Waals surface area contributed by atoms with Gasteiger partial charge >= 0.3 is 0 Å². The first kappa shape index (κ1) is 12.6. The average Bonchev–Trinajstić information content (AvgIpc) is 2.78. The molecule has 0 bridgehead atoms. The van der Waals surface area contributed by atoms with E-state index in [9.17, 15) is 4.79 Å². The molecule has 1 fully saturated rings. The maximum Gasteiger partial charge on any atom is 0.243 e. The van der Waals surface area contributed by atoms with E-state index in [1.807, 2.05) is 4.90 Å². The molecule has 1 unspecified atom stereocenters. The van der Waals surface area contributed by atoms with Crippen LogP contribution in [0.3, 0.4) is 0 Å². The summed E-state index contributed by atoms with van der Waals surface area (Å²) in [6.45, 7) is 6.99. The summed E-state index contributed by atoms with van der Waals surface area (Å²) in [7, 11) is 0. The second-order valence-corrected chi connectivity index (χ2v) is 5.43. The smallest absolute Gasteiger partial charge is 0.243 e. The van der Waals surface area contributed by atoms with Crippen LogP contribution in [0.15, 0.2) is 11.6 Å². The fraction of sp³-hybridized carbons (Fsp3) is 0.786. The van der Waals surface area contributed by atoms with Crippen LogP contribution in [-0.4, -0.2) is 36.0 Å². The number of hydrogen-bond acceptors (Lipinski definition) is 2. The molecule has 0 radical (unpaired) electrons. The van der Waals surface area contributed by atoms with Gasteiger partial charge in [0, 0.05) is 13.1 Å². The Morgan fingerprint density at radius 2 is 2.41 bits per heavy atom. The third-order valence-electron chi connectivity index (χ3n) is 3.95. The number of nitrogens with one attached hydrogen (secondary N) is 1. The molecule has 0 aliphatic carbocycles. The van der Waals surface area contributed by atoms with E-state index in [-0.39, 0.29) is 5.54 Å². The average molecular weight is 236 g/mol. The zero-order chi connectivity index (χ0) is 12.3. The highest BCUT2D eigenvalue weighted by atomic mass is 16.2. The van der Waals surface area contributed by atoms with Gasteiger partial charge in [-0.3, -0.25) is 4.79 Å². The Hall–Kier alpha value is -0.830. The number of carbonyl (C=O) groups excluding carboxylic acids is 1. The van der Waals surface area contributed by atoms with Gasteiger partial charge in [0.05, 0.1) is 5.54 Å². The maximum absolute atomic E-state index is 12.7. The maximum atomic E-state index is 12.7. The Morgan fingerprint density at radius 1 is 1.59 bits per heavy atom. The molecule has 1 amide bonds. The zero-order valence-electron chi connectivity index (χ0n) is 11.1. The molecule has 96 valence electrons. The van der Waals surface area contributed by atoms with E-state index in [0.29, 0.717) is 5.91 Å². The predicted molar refractivity (Wildman–Crippen MR) is 69.8 cm³/mol. The molecule has 3 heteroatoms. The molecule has 17 heavy (non-hydrogen) atoms. The Bertz CT molecular complexity index is 316. The van der Waals surface area contributed by atoms with Crippen LogP contribution in [0.4, 0.5) is 0 Å². The number of hydrogen-bond donors (Lipinski definition) is 1. The second kappa shape index (κ2) is 5.21. The Morgan fingerprint density at radius 3 is 3.00 bits per heavy atom. The normalized spacial score (nSPS) is 29.3. The molecule has 3 nitrogen and oxygen atoms in total. The van der Waals surface area contributed by atoms with Gasteiger partial charge in [-0.1, -0.05) is 25.0 Å². The summed E-state index contributed by atoms with van der Waals surface area (Å²) in [6.07, 6.45) is 7.46. The SMILES string of the molecule is CCCC1(C(=O)N2CCC=C(C)C2)CCCN1. The molecule has 2 heterocycles. The topological polar surface area (TPSA) is 32.3 Å². The van der Waals surface area contributed by atoms with E-state index in [2.05, 4.69) is 25.2 Å². The van der Waals surface area contributed by atoms with Crippen molar-refractivity contribution in [2.24, 2.45) is 0 Å². The molecular formula is C14H24N2O. The summed E-state index contributed by atoms with van der Waals surface area (Å²) in [5, 5.41) is 3.47. The van der Waals surface area contributed by atoms with Gasteiger partial charge in [-0.2, -0.15) is 0 Å². The van der Waals surface area contributed by atoms with Crippen LogP contribution in [0.2, 0.25) is 0 Å². The van der Waals surface area contributed by atoms with E-state index < -0.39 is 0 Å². The van der Waals surface area contributed by atoms with Gasteiger partial charge in [-0.05, 0) is 39.2 Å². The van der Waals surface area contributed by atoms with Gasteiger partial charge in [-0.25, -0.2) is 0 Å². The summed E-state index contributed by atoms with van der Waals surface area (Å²) >= 11 is 0. The minimum Gasteiger partial charge on any atom is -0.337 e. The number of amides is 1. The molecule has 0 spiro atoms. The molecule has 1 atom stereocenters. The minimum atomic E-state index is -0.244. The van der Waals surface area contributed by atoms with Crippen LogP contribution in [0.1, 0.15) is 46.0 Å². The Labute approximate surface area is 104 Å². The lowest BCUT2D eigenvalue weighted by molar-refractivity contribution is -0.138. The van der Waals surface area contributed by atoms with Gasteiger partial charge in [-0.15, -0.1) is 0 Å². The molecule has 0 saturated carbocycles. The first-order chi connectivity index (χ1) is 8.18. The Balaban J connectivity index is 2.09. The summed E-state index contributed by atoms with van der Waals surface area (Å²) in [5.74, 6) is 0.337. The summed E-state index contributed by atoms with van der Waals surface area (Å²) in [5.41, 5.74) is 1.08. The van der Waals surface area contributed by atoms with Crippen molar-refractivity contribution in [2.45, 2.75) is 51.5 Å². The predicted octanol–water partition coefficient (Wildman–Crippen LogP) is 2.09. The van der Waals surface area contributed by atoms with Crippen molar-refractivity contribution < 1.29 is 4.79 Å². The molecule has 1 saturated heterocycles. The molecule has 0 aromatic heterocycles. The summed E-state index contributed by atoms with van der Waals surface area (Å²) in [6, 6.07) is 0. The number of carbonyl (C=O) groups is 1.